The van der Waals surface area contributed by atoms with Gasteiger partial charge in [-0.2, -0.15) is 5.26 Å². The largest absolute Gasteiger partial charge is 0.496 e. The molecule has 1 N–H and O–H groups in total. The summed E-state index contributed by atoms with van der Waals surface area (Å²) in [5.74, 6) is 0.752. The topological polar surface area (TPSA) is 70.9 Å². The Morgan fingerprint density at radius 1 is 1.18 bits per heavy atom. The Hall–Kier alpha value is -2.10. The molecule has 2 aromatic rings. The number of nitrogens with zero attached hydrogens (tertiary/aromatic N) is 2. The van der Waals surface area contributed by atoms with Gasteiger partial charge in [-0.25, -0.2) is 4.98 Å². The van der Waals surface area contributed by atoms with Gasteiger partial charge >= 0.3 is 7.12 Å². The van der Waals surface area contributed by atoms with Gasteiger partial charge in [0.1, 0.15) is 5.82 Å². The van der Waals surface area contributed by atoms with Crippen LogP contribution in [0.3, 0.4) is 0 Å². The van der Waals surface area contributed by atoms with Crippen LogP contribution in [0.1, 0.15) is 33.3 Å². The smallest absolute Gasteiger partial charge is 0.399 e. The van der Waals surface area contributed by atoms with Crippen molar-refractivity contribution in [1.29, 1.82) is 5.26 Å². The number of aromatic nitrogens is 2. The van der Waals surface area contributed by atoms with Crippen molar-refractivity contribution in [3.8, 4) is 17.5 Å². The molecule has 112 valence electrons. The van der Waals surface area contributed by atoms with Crippen LogP contribution in [0.5, 0.6) is 0 Å². The molecule has 0 radical (unpaired) electrons. The van der Waals surface area contributed by atoms with E-state index >= 15 is 0 Å². The zero-order valence-corrected chi connectivity index (χ0v) is 13.2. The van der Waals surface area contributed by atoms with Crippen LogP contribution >= 0.6 is 0 Å². The average molecular weight is 295 g/mol. The molecule has 1 fully saturated rings. The van der Waals surface area contributed by atoms with Gasteiger partial charge in [0.25, 0.3) is 0 Å². The van der Waals surface area contributed by atoms with Crippen LogP contribution in [-0.2, 0) is 9.31 Å². The number of imidazole rings is 1. The second-order valence-corrected chi connectivity index (χ2v) is 6.44. The maximum absolute atomic E-state index is 9.38. The first-order chi connectivity index (χ1) is 10.3. The number of hydrogen-bond donors (Lipinski definition) is 1. The Balaban J connectivity index is 2.04. The fourth-order valence-corrected chi connectivity index (χ4v) is 2.40. The molecule has 1 saturated heterocycles. The lowest BCUT2D eigenvalue weighted by atomic mass is 9.75. The highest BCUT2D eigenvalue weighted by Crippen LogP contribution is 2.36. The first-order valence-corrected chi connectivity index (χ1v) is 7.23. The molecule has 0 bridgehead atoms. The van der Waals surface area contributed by atoms with E-state index in [1.807, 2.05) is 39.8 Å². The van der Waals surface area contributed by atoms with Crippen molar-refractivity contribution < 1.29 is 9.31 Å². The number of rotatable bonds is 2. The number of hydrogen-bond acceptors (Lipinski definition) is 4. The van der Waals surface area contributed by atoms with Crippen LogP contribution in [0.4, 0.5) is 0 Å². The third kappa shape index (κ3) is 2.33. The summed E-state index contributed by atoms with van der Waals surface area (Å²) in [4.78, 5) is 7.31. The fraction of sp³-hybridized carbons (Fsp3) is 0.375. The summed E-state index contributed by atoms with van der Waals surface area (Å²) in [6.45, 7) is 7.98. The Morgan fingerprint density at radius 3 is 2.41 bits per heavy atom. The van der Waals surface area contributed by atoms with E-state index in [4.69, 9.17) is 9.31 Å². The minimum absolute atomic E-state index is 0.439. The molecule has 1 aliphatic heterocycles. The quantitative estimate of drug-likeness (QED) is 0.863. The highest BCUT2D eigenvalue weighted by molar-refractivity contribution is 6.63. The van der Waals surface area contributed by atoms with Gasteiger partial charge in [-0.3, -0.25) is 0 Å². The molecule has 0 unspecified atom stereocenters. The van der Waals surface area contributed by atoms with Crippen LogP contribution in [0.25, 0.3) is 11.4 Å². The summed E-state index contributed by atoms with van der Waals surface area (Å²) in [7, 11) is -0.561. The standard InChI is InChI=1S/C16H18BN3O2/c1-15(2)16(3,4)22-17(21-15)13-9-11(5-6-12(13)10-18)14-19-7-8-20-14/h5-9H,1-4H3,(H,19,20). The number of nitriles is 1. The molecule has 1 aromatic heterocycles. The summed E-state index contributed by atoms with van der Waals surface area (Å²) < 4.78 is 12.1. The molecule has 1 aliphatic rings. The van der Waals surface area contributed by atoms with E-state index in [0.717, 1.165) is 16.9 Å². The molecule has 0 amide bonds. The SMILES string of the molecule is CC1(C)OB(c2cc(-c3ncc[nH]3)ccc2C#N)OC1(C)C. The van der Waals surface area contributed by atoms with Crippen LogP contribution in [0.2, 0.25) is 0 Å². The summed E-state index contributed by atoms with van der Waals surface area (Å²) >= 11 is 0. The molecule has 22 heavy (non-hydrogen) atoms. The number of aromatic amines is 1. The predicted molar refractivity (Wildman–Crippen MR) is 84.5 cm³/mol. The Kier molecular flexibility index (Phi) is 3.35. The van der Waals surface area contributed by atoms with Crippen LogP contribution in [0, 0.1) is 11.3 Å². The monoisotopic (exact) mass is 295 g/mol. The van der Waals surface area contributed by atoms with Crippen molar-refractivity contribution in [3.05, 3.63) is 36.2 Å². The van der Waals surface area contributed by atoms with E-state index in [9.17, 15) is 5.26 Å². The van der Waals surface area contributed by atoms with Gasteiger partial charge in [0.15, 0.2) is 0 Å². The van der Waals surface area contributed by atoms with Gasteiger partial charge in [0.05, 0.1) is 22.8 Å². The van der Waals surface area contributed by atoms with E-state index in [0.29, 0.717) is 5.56 Å². The summed E-state index contributed by atoms with van der Waals surface area (Å²) in [6.07, 6.45) is 3.46. The van der Waals surface area contributed by atoms with Crippen LogP contribution in [-0.4, -0.2) is 28.3 Å². The molecule has 0 atom stereocenters. The first kappa shape index (κ1) is 14.8. The second-order valence-electron chi connectivity index (χ2n) is 6.44. The first-order valence-electron chi connectivity index (χ1n) is 7.23. The maximum atomic E-state index is 9.38. The van der Waals surface area contributed by atoms with Gasteiger partial charge in [-0.1, -0.05) is 6.07 Å². The second kappa shape index (κ2) is 4.97. The zero-order chi connectivity index (χ0) is 16.0. The molecule has 6 heteroatoms. The van der Waals surface area contributed by atoms with Crippen molar-refractivity contribution in [2.45, 2.75) is 38.9 Å². The zero-order valence-electron chi connectivity index (χ0n) is 13.2. The summed E-state index contributed by atoms with van der Waals surface area (Å²) in [6, 6.07) is 7.75. The van der Waals surface area contributed by atoms with E-state index in [-0.39, 0.29) is 0 Å². The fourth-order valence-electron chi connectivity index (χ4n) is 2.40. The Labute approximate surface area is 130 Å². The van der Waals surface area contributed by atoms with Gasteiger partial charge in [0, 0.05) is 23.4 Å². The molecule has 2 heterocycles. The van der Waals surface area contributed by atoms with Crippen molar-refractivity contribution in [2.24, 2.45) is 0 Å². The highest BCUT2D eigenvalue weighted by Gasteiger charge is 2.52. The summed E-state index contributed by atoms with van der Waals surface area (Å²) in [5, 5.41) is 9.38. The molecular formula is C16H18BN3O2. The van der Waals surface area contributed by atoms with Gasteiger partial charge in [0.2, 0.25) is 0 Å². The lowest BCUT2D eigenvalue weighted by Gasteiger charge is -2.32. The Morgan fingerprint density at radius 2 is 1.86 bits per heavy atom. The van der Waals surface area contributed by atoms with Gasteiger partial charge < -0.3 is 14.3 Å². The van der Waals surface area contributed by atoms with E-state index < -0.39 is 18.3 Å². The normalized spacial score (nSPS) is 19.1. The molecule has 0 spiro atoms. The molecular weight excluding hydrogens is 277 g/mol. The van der Waals surface area contributed by atoms with Crippen LogP contribution < -0.4 is 5.46 Å². The average Bonchev–Trinajstić information content (AvgIpc) is 3.05. The molecule has 0 aliphatic carbocycles. The van der Waals surface area contributed by atoms with Gasteiger partial charge in [-0.05, 0) is 39.8 Å². The lowest BCUT2D eigenvalue weighted by molar-refractivity contribution is 0.00578. The van der Waals surface area contributed by atoms with Crippen LogP contribution in [0.15, 0.2) is 30.6 Å². The lowest BCUT2D eigenvalue weighted by Crippen LogP contribution is -2.41. The van der Waals surface area contributed by atoms with Crippen molar-refractivity contribution >= 4 is 12.6 Å². The number of nitrogens with one attached hydrogen (secondary N) is 1. The molecule has 1 aromatic carbocycles. The van der Waals surface area contributed by atoms with Crippen molar-refractivity contribution in [2.75, 3.05) is 0 Å². The van der Waals surface area contributed by atoms with E-state index in [1.54, 1.807) is 18.5 Å². The minimum Gasteiger partial charge on any atom is -0.399 e. The van der Waals surface area contributed by atoms with Gasteiger partial charge in [-0.15, -0.1) is 0 Å². The van der Waals surface area contributed by atoms with Crippen molar-refractivity contribution in [1.82, 2.24) is 9.97 Å². The summed E-state index contributed by atoms with van der Waals surface area (Å²) in [5.41, 5.74) is 1.30. The molecule has 3 rings (SSSR count). The third-order valence-electron chi connectivity index (χ3n) is 4.45. The van der Waals surface area contributed by atoms with E-state index in [2.05, 4.69) is 16.0 Å². The number of benzene rings is 1. The third-order valence-corrected chi connectivity index (χ3v) is 4.45. The highest BCUT2D eigenvalue weighted by atomic mass is 16.7. The Bertz CT molecular complexity index is 716. The molecule has 0 saturated carbocycles. The predicted octanol–water partition coefficient (Wildman–Crippen LogP) is 2.25. The number of H-pyrrole nitrogens is 1. The minimum atomic E-state index is -0.561. The molecule has 5 nitrogen and oxygen atoms in total. The van der Waals surface area contributed by atoms with Crippen molar-refractivity contribution in [3.63, 3.8) is 0 Å². The maximum Gasteiger partial charge on any atom is 0.496 e. The van der Waals surface area contributed by atoms with E-state index in [1.165, 1.54) is 0 Å².